The second kappa shape index (κ2) is 6.78. The van der Waals surface area contributed by atoms with E-state index in [0.717, 1.165) is 23.1 Å². The van der Waals surface area contributed by atoms with Gasteiger partial charge in [-0.15, -0.1) is 0 Å². The Bertz CT molecular complexity index is 1280. The molecule has 144 valence electrons. The molecule has 1 unspecified atom stereocenters. The maximum atomic E-state index is 13.2. The molecule has 3 aromatic carbocycles. The summed E-state index contributed by atoms with van der Waals surface area (Å²) in [6.07, 6.45) is 0.761. The van der Waals surface area contributed by atoms with Gasteiger partial charge in [0, 0.05) is 12.1 Å². The Morgan fingerprint density at radius 2 is 1.79 bits per heavy atom. The highest BCUT2D eigenvalue weighted by molar-refractivity contribution is 5.99. The van der Waals surface area contributed by atoms with Crippen molar-refractivity contribution in [3.8, 4) is 0 Å². The van der Waals surface area contributed by atoms with Gasteiger partial charge in [-0.3, -0.25) is 9.78 Å². The van der Waals surface area contributed by atoms with Crippen molar-refractivity contribution >= 4 is 17.0 Å². The Labute approximate surface area is 167 Å². The Kier molecular flexibility index (Phi) is 4.09. The molecule has 1 amide bonds. The van der Waals surface area contributed by atoms with Gasteiger partial charge in [-0.25, -0.2) is 4.79 Å². The summed E-state index contributed by atoms with van der Waals surface area (Å²) >= 11 is 0. The number of benzene rings is 3. The first-order valence-electron chi connectivity index (χ1n) is 9.66. The SMILES string of the molecule is Cc1ccccc1CC1c2ccccc2C(=O)N1Cc1ccc2[nH]c(=O)oc2c1. The number of oxazole rings is 1. The standard InChI is InChI=1S/C24H20N2O3/c1-15-6-2-3-7-17(15)13-21-18-8-4-5-9-19(18)23(27)26(21)14-16-10-11-20-22(12-16)29-24(28)25-20/h2-12,21H,13-14H2,1H3,(H,25,28). The summed E-state index contributed by atoms with van der Waals surface area (Å²) in [5.41, 5.74) is 6.38. The van der Waals surface area contributed by atoms with E-state index in [2.05, 4.69) is 24.0 Å². The Morgan fingerprint density at radius 1 is 1.00 bits per heavy atom. The van der Waals surface area contributed by atoms with Crippen LogP contribution in [0, 0.1) is 6.92 Å². The van der Waals surface area contributed by atoms with Crippen molar-refractivity contribution in [2.45, 2.75) is 25.9 Å². The van der Waals surface area contributed by atoms with E-state index < -0.39 is 5.76 Å². The number of aryl methyl sites for hydroxylation is 1. The van der Waals surface area contributed by atoms with Crippen LogP contribution in [-0.4, -0.2) is 15.8 Å². The minimum Gasteiger partial charge on any atom is -0.408 e. The lowest BCUT2D eigenvalue weighted by atomic mass is 9.95. The van der Waals surface area contributed by atoms with Crippen LogP contribution in [0.15, 0.2) is 75.9 Å². The van der Waals surface area contributed by atoms with E-state index in [1.807, 2.05) is 59.5 Å². The number of carbonyl (C=O) groups is 1. The fourth-order valence-electron chi connectivity index (χ4n) is 4.18. The van der Waals surface area contributed by atoms with Crippen molar-refractivity contribution in [2.24, 2.45) is 0 Å². The second-order valence-corrected chi connectivity index (χ2v) is 7.51. The van der Waals surface area contributed by atoms with E-state index >= 15 is 0 Å². The molecule has 0 fully saturated rings. The van der Waals surface area contributed by atoms with Crippen molar-refractivity contribution in [3.63, 3.8) is 0 Å². The molecular formula is C24H20N2O3. The molecule has 1 aliphatic heterocycles. The van der Waals surface area contributed by atoms with Gasteiger partial charge in [0.05, 0.1) is 11.6 Å². The average molecular weight is 384 g/mol. The number of H-pyrrole nitrogens is 1. The summed E-state index contributed by atoms with van der Waals surface area (Å²) in [5, 5.41) is 0. The molecule has 0 bridgehead atoms. The van der Waals surface area contributed by atoms with Crippen molar-refractivity contribution in [1.82, 2.24) is 9.88 Å². The molecule has 0 saturated carbocycles. The van der Waals surface area contributed by atoms with Crippen LogP contribution in [0.25, 0.3) is 11.1 Å². The van der Waals surface area contributed by atoms with Crippen LogP contribution in [0.2, 0.25) is 0 Å². The predicted octanol–water partition coefficient (Wildman–Crippen LogP) is 4.37. The van der Waals surface area contributed by atoms with Gasteiger partial charge >= 0.3 is 5.76 Å². The van der Waals surface area contributed by atoms with Crippen LogP contribution in [0.1, 0.15) is 38.7 Å². The molecule has 5 nitrogen and oxygen atoms in total. The molecule has 29 heavy (non-hydrogen) atoms. The van der Waals surface area contributed by atoms with Crippen molar-refractivity contribution in [1.29, 1.82) is 0 Å². The number of hydrogen-bond donors (Lipinski definition) is 1. The van der Waals surface area contributed by atoms with E-state index in [-0.39, 0.29) is 11.9 Å². The molecule has 1 N–H and O–H groups in total. The highest BCUT2D eigenvalue weighted by Crippen LogP contribution is 2.37. The van der Waals surface area contributed by atoms with E-state index in [1.165, 1.54) is 11.1 Å². The first-order valence-corrected chi connectivity index (χ1v) is 9.66. The summed E-state index contributed by atoms with van der Waals surface area (Å²) in [6, 6.07) is 21.7. The van der Waals surface area contributed by atoms with Crippen LogP contribution >= 0.6 is 0 Å². The fraction of sp³-hybridized carbons (Fsp3) is 0.167. The van der Waals surface area contributed by atoms with E-state index in [9.17, 15) is 9.59 Å². The van der Waals surface area contributed by atoms with Crippen LogP contribution < -0.4 is 5.76 Å². The van der Waals surface area contributed by atoms with Crippen LogP contribution in [0.3, 0.4) is 0 Å². The summed E-state index contributed by atoms with van der Waals surface area (Å²) in [6.45, 7) is 2.55. The quantitative estimate of drug-likeness (QED) is 0.568. The number of rotatable bonds is 4. The third kappa shape index (κ3) is 3.05. The van der Waals surface area contributed by atoms with E-state index in [4.69, 9.17) is 4.42 Å². The normalized spacial score (nSPS) is 15.8. The minimum absolute atomic E-state index is 0.0336. The lowest BCUT2D eigenvalue weighted by Crippen LogP contribution is -2.29. The monoisotopic (exact) mass is 384 g/mol. The van der Waals surface area contributed by atoms with E-state index in [1.54, 1.807) is 0 Å². The lowest BCUT2D eigenvalue weighted by Gasteiger charge is -2.26. The zero-order valence-corrected chi connectivity index (χ0v) is 16.0. The molecule has 5 rings (SSSR count). The molecule has 4 aromatic rings. The molecular weight excluding hydrogens is 364 g/mol. The molecule has 1 aliphatic rings. The molecule has 0 aliphatic carbocycles. The van der Waals surface area contributed by atoms with Crippen molar-refractivity contribution in [3.05, 3.63) is 105 Å². The van der Waals surface area contributed by atoms with Gasteiger partial charge < -0.3 is 9.32 Å². The highest BCUT2D eigenvalue weighted by Gasteiger charge is 2.36. The van der Waals surface area contributed by atoms with Crippen molar-refractivity contribution in [2.75, 3.05) is 0 Å². The molecule has 1 aromatic heterocycles. The number of nitrogens with one attached hydrogen (secondary N) is 1. The van der Waals surface area contributed by atoms with E-state index in [0.29, 0.717) is 17.6 Å². The summed E-state index contributed by atoms with van der Waals surface area (Å²) in [7, 11) is 0. The third-order valence-electron chi connectivity index (χ3n) is 5.70. The number of fused-ring (bicyclic) bond motifs is 2. The van der Waals surface area contributed by atoms with Gasteiger partial charge in [-0.05, 0) is 53.8 Å². The van der Waals surface area contributed by atoms with Gasteiger partial charge in [0.1, 0.15) is 0 Å². The van der Waals surface area contributed by atoms with Gasteiger partial charge in [-0.2, -0.15) is 0 Å². The van der Waals surface area contributed by atoms with Crippen LogP contribution in [0.4, 0.5) is 0 Å². The number of carbonyl (C=O) groups excluding carboxylic acids is 1. The molecule has 2 heterocycles. The Hall–Kier alpha value is -3.60. The largest absolute Gasteiger partial charge is 0.417 e. The number of hydrogen-bond acceptors (Lipinski definition) is 3. The zero-order valence-electron chi connectivity index (χ0n) is 16.0. The summed E-state index contributed by atoms with van der Waals surface area (Å²) < 4.78 is 5.19. The summed E-state index contributed by atoms with van der Waals surface area (Å²) in [5.74, 6) is -0.436. The van der Waals surface area contributed by atoms with Gasteiger partial charge in [0.15, 0.2) is 5.58 Å². The molecule has 1 atom stereocenters. The Balaban J connectivity index is 1.53. The zero-order chi connectivity index (χ0) is 20.0. The first kappa shape index (κ1) is 17.5. The predicted molar refractivity (Wildman–Crippen MR) is 111 cm³/mol. The number of aromatic nitrogens is 1. The van der Waals surface area contributed by atoms with Crippen LogP contribution in [-0.2, 0) is 13.0 Å². The third-order valence-corrected chi connectivity index (χ3v) is 5.70. The fourth-order valence-corrected chi connectivity index (χ4v) is 4.18. The van der Waals surface area contributed by atoms with Crippen LogP contribution in [0.5, 0.6) is 0 Å². The van der Waals surface area contributed by atoms with Gasteiger partial charge in [-0.1, -0.05) is 48.5 Å². The minimum atomic E-state index is -0.473. The Morgan fingerprint density at radius 3 is 2.66 bits per heavy atom. The number of aromatic amines is 1. The summed E-state index contributed by atoms with van der Waals surface area (Å²) in [4.78, 5) is 29.2. The van der Waals surface area contributed by atoms with Gasteiger partial charge in [0.25, 0.3) is 5.91 Å². The lowest BCUT2D eigenvalue weighted by molar-refractivity contribution is 0.0709. The second-order valence-electron chi connectivity index (χ2n) is 7.51. The number of nitrogens with zero attached hydrogens (tertiary/aromatic N) is 1. The maximum Gasteiger partial charge on any atom is 0.417 e. The average Bonchev–Trinajstić information content (AvgIpc) is 3.21. The molecule has 5 heteroatoms. The van der Waals surface area contributed by atoms with Crippen molar-refractivity contribution < 1.29 is 9.21 Å². The van der Waals surface area contributed by atoms with Gasteiger partial charge in [0.2, 0.25) is 0 Å². The topological polar surface area (TPSA) is 66.3 Å². The smallest absolute Gasteiger partial charge is 0.408 e. The molecule has 0 radical (unpaired) electrons. The molecule has 0 spiro atoms. The number of amides is 1. The highest BCUT2D eigenvalue weighted by atomic mass is 16.4. The maximum absolute atomic E-state index is 13.2. The molecule has 0 saturated heterocycles. The first-order chi connectivity index (χ1) is 14.1.